The van der Waals surface area contributed by atoms with Crippen molar-refractivity contribution < 1.29 is 14.3 Å². The number of hydrogen-bond acceptors (Lipinski definition) is 3. The molecule has 6 atom stereocenters. The number of benzene rings is 1. The molecule has 3 heteroatoms. The second kappa shape index (κ2) is 7.46. The van der Waals surface area contributed by atoms with Gasteiger partial charge in [0, 0.05) is 24.5 Å². The lowest BCUT2D eigenvalue weighted by Crippen LogP contribution is -2.50. The number of esters is 1. The van der Waals surface area contributed by atoms with Gasteiger partial charge in [-0.1, -0.05) is 61.9 Å². The Bertz CT molecular complexity index is 958. The molecule has 0 radical (unpaired) electrons. The zero-order valence-corrected chi connectivity index (χ0v) is 19.0. The third-order valence-corrected chi connectivity index (χ3v) is 9.25. The summed E-state index contributed by atoms with van der Waals surface area (Å²) in [6.45, 7) is 6.33. The topological polar surface area (TPSA) is 43.4 Å². The number of ketones is 1. The number of Topliss-reactive ketones (excluding diaryl/α,β-unsaturated/α-hetero) is 1. The predicted octanol–water partition coefficient (Wildman–Crippen LogP) is 6.30. The molecule has 1 aromatic rings. The smallest absolute Gasteiger partial charge is 0.302 e. The Balaban J connectivity index is 1.39. The summed E-state index contributed by atoms with van der Waals surface area (Å²) in [6, 6.07) is 9.78. The normalized spacial score (nSPS) is 38.8. The summed E-state index contributed by atoms with van der Waals surface area (Å²) in [4.78, 5) is 24.8. The third kappa shape index (κ3) is 3.23. The summed E-state index contributed by atoms with van der Waals surface area (Å²) in [7, 11) is 0. The van der Waals surface area contributed by atoms with E-state index in [4.69, 9.17) is 4.74 Å². The molecule has 4 aliphatic carbocycles. The Morgan fingerprint density at radius 2 is 1.68 bits per heavy atom. The molecular formula is C28H34O3. The largest absolute Gasteiger partial charge is 0.462 e. The highest BCUT2D eigenvalue weighted by Crippen LogP contribution is 2.65. The molecule has 0 heterocycles. The van der Waals surface area contributed by atoms with Crippen LogP contribution in [0, 0.1) is 28.6 Å². The standard InChI is InChI=1S/C28H34O3/c1-18(29)31-21-13-15-27(2)20(17-21)9-10-22-23-11-12-25(28(23,3)16-14-24(22)27)26(30)19-7-5-4-6-8-19/h4-9,12,21-24H,10-11,13-17H2,1-3H3/t21-,22-,23+,24-,27+,28+/m0/s1. The molecule has 0 unspecified atom stereocenters. The van der Waals surface area contributed by atoms with Crippen molar-refractivity contribution in [3.05, 3.63) is 59.2 Å². The van der Waals surface area contributed by atoms with E-state index in [1.54, 1.807) is 0 Å². The maximum atomic E-state index is 13.4. The second-order valence-corrected chi connectivity index (χ2v) is 10.7. The molecule has 4 aliphatic rings. The second-order valence-electron chi connectivity index (χ2n) is 10.7. The van der Waals surface area contributed by atoms with Crippen LogP contribution in [0.3, 0.4) is 0 Å². The van der Waals surface area contributed by atoms with Crippen molar-refractivity contribution in [3.63, 3.8) is 0 Å². The van der Waals surface area contributed by atoms with E-state index < -0.39 is 0 Å². The molecule has 0 amide bonds. The number of hydrogen-bond donors (Lipinski definition) is 0. The molecular weight excluding hydrogens is 384 g/mol. The molecule has 0 spiro atoms. The molecule has 0 aromatic heterocycles. The van der Waals surface area contributed by atoms with Gasteiger partial charge in [0.1, 0.15) is 6.10 Å². The number of rotatable bonds is 3. The van der Waals surface area contributed by atoms with E-state index in [1.807, 2.05) is 30.3 Å². The van der Waals surface area contributed by atoms with Crippen molar-refractivity contribution >= 4 is 11.8 Å². The fraction of sp³-hybridized carbons (Fsp3) is 0.571. The zero-order chi connectivity index (χ0) is 21.8. The fourth-order valence-corrected chi connectivity index (χ4v) is 7.63. The van der Waals surface area contributed by atoms with Crippen LogP contribution in [0.15, 0.2) is 53.6 Å². The zero-order valence-electron chi connectivity index (χ0n) is 19.0. The van der Waals surface area contributed by atoms with Gasteiger partial charge in [0.05, 0.1) is 0 Å². The van der Waals surface area contributed by atoms with E-state index in [1.165, 1.54) is 18.9 Å². The van der Waals surface area contributed by atoms with Crippen molar-refractivity contribution in [1.29, 1.82) is 0 Å². The van der Waals surface area contributed by atoms with Crippen LogP contribution >= 0.6 is 0 Å². The maximum Gasteiger partial charge on any atom is 0.302 e. The van der Waals surface area contributed by atoms with E-state index in [2.05, 4.69) is 26.0 Å². The minimum absolute atomic E-state index is 0.00919. The van der Waals surface area contributed by atoms with Crippen LogP contribution in [-0.2, 0) is 9.53 Å². The Kier molecular flexibility index (Phi) is 4.99. The Morgan fingerprint density at radius 3 is 2.42 bits per heavy atom. The fourth-order valence-electron chi connectivity index (χ4n) is 7.63. The first-order chi connectivity index (χ1) is 14.8. The highest BCUT2D eigenvalue weighted by atomic mass is 16.5. The summed E-state index contributed by atoms with van der Waals surface area (Å²) in [5.74, 6) is 1.92. The van der Waals surface area contributed by atoms with Gasteiger partial charge < -0.3 is 4.74 Å². The minimum Gasteiger partial charge on any atom is -0.462 e. The van der Waals surface area contributed by atoms with E-state index in [-0.39, 0.29) is 28.7 Å². The van der Waals surface area contributed by atoms with Crippen LogP contribution in [-0.4, -0.2) is 17.9 Å². The first kappa shape index (κ1) is 20.7. The van der Waals surface area contributed by atoms with E-state index in [0.29, 0.717) is 17.8 Å². The Labute approximate surface area is 185 Å². The average molecular weight is 419 g/mol. The van der Waals surface area contributed by atoms with Crippen LogP contribution in [0.2, 0.25) is 0 Å². The molecule has 164 valence electrons. The lowest BCUT2D eigenvalue weighted by atomic mass is 9.47. The van der Waals surface area contributed by atoms with Gasteiger partial charge in [0.2, 0.25) is 0 Å². The summed E-state index contributed by atoms with van der Waals surface area (Å²) in [5, 5.41) is 0. The molecule has 2 fully saturated rings. The molecule has 1 aromatic carbocycles. The van der Waals surface area contributed by atoms with Crippen molar-refractivity contribution in [1.82, 2.24) is 0 Å². The van der Waals surface area contributed by atoms with Crippen LogP contribution in [0.4, 0.5) is 0 Å². The van der Waals surface area contributed by atoms with Crippen LogP contribution in [0.1, 0.15) is 76.1 Å². The molecule has 31 heavy (non-hydrogen) atoms. The predicted molar refractivity (Wildman–Crippen MR) is 121 cm³/mol. The van der Waals surface area contributed by atoms with E-state index in [0.717, 1.165) is 49.7 Å². The molecule has 3 nitrogen and oxygen atoms in total. The van der Waals surface area contributed by atoms with Gasteiger partial charge in [0.25, 0.3) is 0 Å². The number of carbonyl (C=O) groups excluding carboxylic acids is 2. The summed E-state index contributed by atoms with van der Waals surface area (Å²) >= 11 is 0. The quantitative estimate of drug-likeness (QED) is 0.329. The highest BCUT2D eigenvalue weighted by Gasteiger charge is 2.57. The van der Waals surface area contributed by atoms with Gasteiger partial charge in [-0.15, -0.1) is 0 Å². The van der Waals surface area contributed by atoms with Crippen LogP contribution < -0.4 is 0 Å². The van der Waals surface area contributed by atoms with E-state index >= 15 is 0 Å². The average Bonchev–Trinajstić information content (AvgIpc) is 3.11. The van der Waals surface area contributed by atoms with Crippen molar-refractivity contribution in [2.45, 2.75) is 71.8 Å². The molecule has 5 rings (SSSR count). The molecule has 2 saturated carbocycles. The summed E-state index contributed by atoms with van der Waals surface area (Å²) in [5.41, 5.74) is 3.60. The van der Waals surface area contributed by atoms with Gasteiger partial charge in [-0.3, -0.25) is 9.59 Å². The lowest BCUT2D eigenvalue weighted by Gasteiger charge is -2.57. The van der Waals surface area contributed by atoms with Crippen LogP contribution in [0.25, 0.3) is 0 Å². The summed E-state index contributed by atoms with van der Waals surface area (Å²) < 4.78 is 5.56. The molecule has 0 bridgehead atoms. The summed E-state index contributed by atoms with van der Waals surface area (Å²) in [6.07, 6.45) is 12.2. The Hall–Kier alpha value is -2.16. The first-order valence-electron chi connectivity index (χ1n) is 12.0. The van der Waals surface area contributed by atoms with Gasteiger partial charge in [0.15, 0.2) is 5.78 Å². The van der Waals surface area contributed by atoms with E-state index in [9.17, 15) is 9.59 Å². The number of ether oxygens (including phenoxy) is 1. The van der Waals surface area contributed by atoms with Crippen molar-refractivity contribution in [2.75, 3.05) is 0 Å². The third-order valence-electron chi connectivity index (χ3n) is 9.25. The van der Waals surface area contributed by atoms with Crippen molar-refractivity contribution in [2.24, 2.45) is 28.6 Å². The lowest BCUT2D eigenvalue weighted by molar-refractivity contribution is -0.148. The minimum atomic E-state index is -0.163. The van der Waals surface area contributed by atoms with Crippen molar-refractivity contribution in [3.8, 4) is 0 Å². The maximum absolute atomic E-state index is 13.4. The first-order valence-corrected chi connectivity index (χ1v) is 12.0. The van der Waals surface area contributed by atoms with Gasteiger partial charge in [-0.25, -0.2) is 0 Å². The van der Waals surface area contributed by atoms with Gasteiger partial charge in [-0.2, -0.15) is 0 Å². The molecule has 0 N–H and O–H groups in total. The highest BCUT2D eigenvalue weighted by molar-refractivity contribution is 6.09. The van der Waals surface area contributed by atoms with Crippen LogP contribution in [0.5, 0.6) is 0 Å². The number of carbonyl (C=O) groups is 2. The number of fused-ring (bicyclic) bond motifs is 5. The molecule has 0 saturated heterocycles. The Morgan fingerprint density at radius 1 is 0.935 bits per heavy atom. The molecule has 0 aliphatic heterocycles. The van der Waals surface area contributed by atoms with Gasteiger partial charge >= 0.3 is 5.97 Å². The monoisotopic (exact) mass is 418 g/mol. The number of allylic oxidation sites excluding steroid dienone is 3. The SMILES string of the molecule is CC(=O)O[C@H]1CC[C@]2(C)C(=CC[C@H]3[C@H]4CC=C(C(=O)c5ccccc5)[C@]4(C)CC[C@@H]32)C1. The van der Waals surface area contributed by atoms with Gasteiger partial charge in [-0.05, 0) is 67.1 Å².